The van der Waals surface area contributed by atoms with Crippen LogP contribution in [-0.2, 0) is 0 Å². The minimum atomic E-state index is -1.36. The molecule has 0 amide bonds. The van der Waals surface area contributed by atoms with Gasteiger partial charge >= 0.3 is 0 Å². The number of fused-ring (bicyclic) bond motifs is 4. The van der Waals surface area contributed by atoms with Crippen LogP contribution in [0.3, 0.4) is 0 Å². The zero-order valence-electron chi connectivity index (χ0n) is 61.9. The highest BCUT2D eigenvalue weighted by Crippen LogP contribution is 2.47. The van der Waals surface area contributed by atoms with Crippen molar-refractivity contribution in [2.75, 3.05) is 4.90 Å². The molecule has 0 fully saturated rings. The fourth-order valence-corrected chi connectivity index (χ4v) is 6.77. The van der Waals surface area contributed by atoms with Crippen molar-refractivity contribution in [2.24, 2.45) is 0 Å². The minimum absolute atomic E-state index is 0.346. The summed E-state index contributed by atoms with van der Waals surface area (Å²) in [5.74, 6) is 0. The second kappa shape index (κ2) is 13.7. The van der Waals surface area contributed by atoms with Crippen molar-refractivity contribution >= 4 is 59.3 Å². The van der Waals surface area contributed by atoms with Crippen molar-refractivity contribution in [1.29, 1.82) is 0 Å². The van der Waals surface area contributed by atoms with Crippen molar-refractivity contribution < 1.29 is 48.0 Å². The fraction of sp³-hybridized carbons (Fsp3) is 0. The average molecular weight is 741 g/mol. The first-order valence-corrected chi connectivity index (χ1v) is 16.4. The minimum Gasteiger partial charge on any atom is -0.309 e. The summed E-state index contributed by atoms with van der Waals surface area (Å²) in [6, 6.07) is -36.9. The third-order valence-electron chi connectivity index (χ3n) is 7.93. The highest BCUT2D eigenvalue weighted by Gasteiger charge is 2.20. The molecule has 54 heavy (non-hydrogen) atoms. The molecule has 0 unspecified atom stereocenters. The lowest BCUT2D eigenvalue weighted by molar-refractivity contribution is 1.30. The number of thiophene rings is 1. The Labute approximate surface area is 368 Å². The largest absolute Gasteiger partial charge is 0.309 e. The summed E-state index contributed by atoms with van der Waals surface area (Å²) in [4.78, 5) is 0.407. The number of rotatable bonds is 7. The number of hydrogen-bond donors (Lipinski definition) is 0. The van der Waals surface area contributed by atoms with E-state index in [1.54, 1.807) is 0 Å². The predicted molar refractivity (Wildman–Crippen MR) is 233 cm³/mol. The molecule has 0 radical (unpaired) electrons. The topological polar surface area (TPSA) is 3.24 Å². The maximum absolute atomic E-state index is 9.89. The smallest absolute Gasteiger partial charge is 0.0651 e. The molecule has 0 spiro atoms. The molecule has 254 valence electrons. The van der Waals surface area contributed by atoms with E-state index in [0.717, 1.165) is 0 Å². The third kappa shape index (κ3) is 5.74. The molecule has 0 aliphatic rings. The predicted octanol–water partition coefficient (Wildman–Crippen LogP) is 15.3. The van der Waals surface area contributed by atoms with E-state index in [1.165, 1.54) is 0 Å². The molecule has 9 aromatic carbocycles. The van der Waals surface area contributed by atoms with Gasteiger partial charge in [0.05, 0.1) is 58.4 Å². The summed E-state index contributed by atoms with van der Waals surface area (Å²) in [6.07, 6.45) is 0. The molecule has 10 rings (SSSR count). The molecule has 0 saturated heterocycles. The first-order chi connectivity index (χ1) is 41.4. The van der Waals surface area contributed by atoms with Gasteiger partial charge in [0.1, 0.15) is 0 Å². The van der Waals surface area contributed by atoms with E-state index >= 15 is 0 Å². The van der Waals surface area contributed by atoms with Crippen LogP contribution in [0.4, 0.5) is 17.1 Å². The van der Waals surface area contributed by atoms with Crippen LogP contribution in [0.25, 0.3) is 75.5 Å². The zero-order valence-corrected chi connectivity index (χ0v) is 27.7. The van der Waals surface area contributed by atoms with Crippen molar-refractivity contribution in [3.8, 4) is 44.5 Å². The van der Waals surface area contributed by atoms with Gasteiger partial charge in [0.25, 0.3) is 0 Å². The van der Waals surface area contributed by atoms with E-state index in [1.807, 2.05) is 0 Å². The Morgan fingerprint density at radius 2 is 0.870 bits per heavy atom. The molecule has 0 saturated carbocycles. The summed E-state index contributed by atoms with van der Waals surface area (Å²) in [5, 5.41) is -2.70. The molecular weight excluding hydrogens is 671 g/mol. The Hall–Kier alpha value is -6.74. The molecule has 1 heterocycles. The van der Waals surface area contributed by atoms with Crippen LogP contribution >= 0.6 is 11.3 Å². The van der Waals surface area contributed by atoms with Gasteiger partial charge in [-0.1, -0.05) is 175 Å². The fourth-order valence-electron chi connectivity index (χ4n) is 5.56. The van der Waals surface area contributed by atoms with E-state index < -0.39 is 304 Å². The second-order valence-corrected chi connectivity index (χ2v) is 12.0. The van der Waals surface area contributed by atoms with Crippen LogP contribution in [0.2, 0.25) is 0 Å². The van der Waals surface area contributed by atoms with Gasteiger partial charge in [-0.15, -0.1) is 11.3 Å². The van der Waals surface area contributed by atoms with Gasteiger partial charge in [0.2, 0.25) is 0 Å². The van der Waals surface area contributed by atoms with E-state index in [-0.39, 0.29) is 0 Å². The molecule has 0 N–H and O–H groups in total. The summed E-state index contributed by atoms with van der Waals surface area (Å²) in [5.41, 5.74) is -10.3. The van der Waals surface area contributed by atoms with Crippen LogP contribution in [-0.4, -0.2) is 0 Å². The standard InChI is InChI=1S/C52H35NS/c1-4-14-36(15-5-1)41-21-10-22-44(34-41)53(50-27-13-26-48-47-25-12-24-46(51(47)54-52(48)50)39-18-8-3-9-19-39)43-32-30-37(31-33-43)42-29-28-40-20-11-23-45(49(40)35-42)38-16-6-2-7-17-38/h1-35H/i1D,2D,3D,4D,5D,6D,7D,8D,9D,10D,11D,12D,13D,14D,15D,16D,17D,18D,19D,20D,21D,22D,23D,24D,25D,26D,27D,28D,29D,30D,31D,32D,33D,34D,35D. The van der Waals surface area contributed by atoms with Crippen molar-refractivity contribution in [2.45, 2.75) is 0 Å². The quantitative estimate of drug-likeness (QED) is 0.157. The lowest BCUT2D eigenvalue weighted by Gasteiger charge is -2.27. The Balaban J connectivity index is 1.44. The van der Waals surface area contributed by atoms with Crippen LogP contribution < -0.4 is 4.90 Å². The van der Waals surface area contributed by atoms with E-state index in [9.17, 15) is 19.2 Å². The van der Waals surface area contributed by atoms with Crippen molar-refractivity contribution in [3.63, 3.8) is 0 Å². The van der Waals surface area contributed by atoms with Gasteiger partial charge in [-0.3, -0.25) is 0 Å². The number of hydrogen-bond acceptors (Lipinski definition) is 2. The van der Waals surface area contributed by atoms with Gasteiger partial charge in [-0.2, -0.15) is 0 Å². The van der Waals surface area contributed by atoms with Gasteiger partial charge < -0.3 is 4.90 Å². The van der Waals surface area contributed by atoms with Gasteiger partial charge in [0, 0.05) is 26.8 Å². The van der Waals surface area contributed by atoms with Crippen LogP contribution in [0.1, 0.15) is 48.0 Å². The Bertz CT molecular complexity index is 4860. The molecule has 10 aromatic rings. The Kier molecular flexibility index (Phi) is 3.07. The molecular formula is C52H35NS. The first-order valence-electron chi connectivity index (χ1n) is 33.1. The maximum atomic E-state index is 9.89. The Morgan fingerprint density at radius 1 is 0.333 bits per heavy atom. The van der Waals surface area contributed by atoms with Gasteiger partial charge in [-0.25, -0.2) is 0 Å². The number of nitrogens with zero attached hydrogens (tertiary/aromatic N) is 1. The summed E-state index contributed by atoms with van der Waals surface area (Å²) >= 11 is 0.346. The molecule has 1 aromatic heterocycles. The summed E-state index contributed by atoms with van der Waals surface area (Å²) in [6.45, 7) is 0. The number of anilines is 3. The van der Waals surface area contributed by atoms with Crippen LogP contribution in [0.15, 0.2) is 211 Å². The highest BCUT2D eigenvalue weighted by atomic mass is 32.1. The van der Waals surface area contributed by atoms with Crippen LogP contribution in [0, 0.1) is 0 Å². The van der Waals surface area contributed by atoms with E-state index in [4.69, 9.17) is 28.8 Å². The molecule has 1 nitrogen and oxygen atoms in total. The molecule has 0 aliphatic carbocycles. The molecule has 0 aliphatic heterocycles. The molecule has 0 bridgehead atoms. The first kappa shape index (κ1) is 12.1. The van der Waals surface area contributed by atoms with Crippen molar-refractivity contribution in [3.05, 3.63) is 211 Å². The highest BCUT2D eigenvalue weighted by molar-refractivity contribution is 7.27. The van der Waals surface area contributed by atoms with Gasteiger partial charge in [-0.05, 0) is 91.5 Å². The third-order valence-corrected chi connectivity index (χ3v) is 9.14. The van der Waals surface area contributed by atoms with Crippen molar-refractivity contribution in [1.82, 2.24) is 0 Å². The summed E-state index contributed by atoms with van der Waals surface area (Å²) < 4.78 is 315. The maximum Gasteiger partial charge on any atom is 0.0651 e. The average Bonchev–Trinajstić information content (AvgIpc) is 0.939. The second-order valence-electron chi connectivity index (χ2n) is 11.0. The van der Waals surface area contributed by atoms with Gasteiger partial charge in [0.15, 0.2) is 0 Å². The van der Waals surface area contributed by atoms with E-state index in [0.29, 0.717) is 16.2 Å². The molecule has 2 heteroatoms. The summed E-state index contributed by atoms with van der Waals surface area (Å²) in [7, 11) is 0. The SMILES string of the molecule is [2H]c1c([2H])c([2H])c(-c2c([2H])c([2H])c([2H])c(N(c3c([2H])c([2H])c(-c4c([2H])c([2H])c5c([2H])c([2H])c([2H])c(-c6c([2H])c([2H])c([2H])c([2H])c6[2H])c5c4[2H])c([2H])c3[2H])c3c([2H])c([2H])c([2H])c4c3sc3c(-c5c([2H])c([2H])c([2H])c([2H])c5[2H])c([2H])c([2H])c([2H])c34)c2[2H])c([2H])c1[2H]. The lowest BCUT2D eigenvalue weighted by Crippen LogP contribution is -2.10. The monoisotopic (exact) mass is 740 g/mol. The lowest BCUT2D eigenvalue weighted by atomic mass is 9.95. The van der Waals surface area contributed by atoms with E-state index in [2.05, 4.69) is 0 Å². The molecule has 0 atom stereocenters. The normalized spacial score (nSPS) is 20.4. The van der Waals surface area contributed by atoms with Crippen LogP contribution in [0.5, 0.6) is 0 Å². The zero-order chi connectivity index (χ0) is 66.3. The Morgan fingerprint density at radius 3 is 1.61 bits per heavy atom. The number of benzene rings is 9.